The maximum atomic E-state index is 12.7. The zero-order valence-corrected chi connectivity index (χ0v) is 11.6. The normalized spacial score (nSPS) is 20.7. The lowest BCUT2D eigenvalue weighted by molar-refractivity contribution is -0.122. The first-order chi connectivity index (χ1) is 9.47. The molecule has 102 valence electrons. The molecule has 1 aromatic rings. The summed E-state index contributed by atoms with van der Waals surface area (Å²) >= 11 is 0. The Morgan fingerprint density at radius 3 is 2.00 bits per heavy atom. The van der Waals surface area contributed by atoms with E-state index in [1.165, 1.54) is 13.8 Å². The molecule has 3 nitrogen and oxygen atoms in total. The molecule has 0 saturated heterocycles. The first-order valence-corrected chi connectivity index (χ1v) is 6.48. The maximum Gasteiger partial charge on any atom is 0.180 e. The molecule has 0 bridgehead atoms. The Morgan fingerprint density at radius 2 is 1.55 bits per heavy atom. The highest BCUT2D eigenvalue weighted by molar-refractivity contribution is 6.16. The van der Waals surface area contributed by atoms with Gasteiger partial charge in [-0.25, -0.2) is 0 Å². The Bertz CT molecular complexity index is 620. The summed E-state index contributed by atoms with van der Waals surface area (Å²) in [7, 11) is 0. The van der Waals surface area contributed by atoms with Crippen molar-refractivity contribution in [1.29, 1.82) is 0 Å². The third-order valence-electron chi connectivity index (χ3n) is 3.65. The molecule has 1 atom stereocenters. The van der Waals surface area contributed by atoms with Gasteiger partial charge in [0, 0.05) is 11.1 Å². The Hall–Kier alpha value is -2.29. The molecule has 20 heavy (non-hydrogen) atoms. The number of hydrogen-bond acceptors (Lipinski definition) is 3. The Labute approximate surface area is 118 Å². The van der Waals surface area contributed by atoms with Gasteiger partial charge in [-0.15, -0.1) is 0 Å². The molecule has 1 unspecified atom stereocenters. The highest BCUT2D eigenvalue weighted by Crippen LogP contribution is 2.33. The largest absolute Gasteiger partial charge is 0.299 e. The van der Waals surface area contributed by atoms with Crippen LogP contribution < -0.4 is 0 Å². The van der Waals surface area contributed by atoms with Crippen LogP contribution in [0.4, 0.5) is 0 Å². The number of carbonyl (C=O) groups excluding carboxylic acids is 3. The van der Waals surface area contributed by atoms with E-state index in [9.17, 15) is 14.4 Å². The monoisotopic (exact) mass is 268 g/mol. The van der Waals surface area contributed by atoms with E-state index in [0.717, 1.165) is 0 Å². The summed E-state index contributed by atoms with van der Waals surface area (Å²) in [5, 5.41) is 0. The second-order valence-electron chi connectivity index (χ2n) is 4.98. The lowest BCUT2D eigenvalue weighted by Gasteiger charge is -2.26. The van der Waals surface area contributed by atoms with E-state index >= 15 is 0 Å². The number of benzene rings is 1. The van der Waals surface area contributed by atoms with Crippen LogP contribution >= 0.6 is 0 Å². The first-order valence-electron chi connectivity index (χ1n) is 6.48. The Kier molecular flexibility index (Phi) is 3.79. The number of ketones is 3. The minimum atomic E-state index is -1.10. The van der Waals surface area contributed by atoms with Gasteiger partial charge in [0.05, 0.1) is 0 Å². The molecule has 1 aliphatic carbocycles. The summed E-state index contributed by atoms with van der Waals surface area (Å²) in [6, 6.07) is 6.45. The predicted molar refractivity (Wildman–Crippen MR) is 76.8 cm³/mol. The molecular formula is C17H16O3. The van der Waals surface area contributed by atoms with Gasteiger partial charge >= 0.3 is 0 Å². The minimum absolute atomic E-state index is 0.0502. The number of hydrogen-bond donors (Lipinski definition) is 0. The maximum absolute atomic E-state index is 12.7. The number of allylic oxidation sites excluding steroid dienone is 4. The summed E-state index contributed by atoms with van der Waals surface area (Å²) < 4.78 is 0. The van der Waals surface area contributed by atoms with Gasteiger partial charge in [0.1, 0.15) is 11.2 Å². The molecule has 1 aromatic carbocycles. The minimum Gasteiger partial charge on any atom is -0.299 e. The van der Waals surface area contributed by atoms with Crippen LogP contribution in [0.15, 0.2) is 48.6 Å². The predicted octanol–water partition coefficient (Wildman–Crippen LogP) is 3.16. The molecule has 0 N–H and O–H groups in total. The van der Waals surface area contributed by atoms with Crippen molar-refractivity contribution in [3.8, 4) is 0 Å². The van der Waals surface area contributed by atoms with Crippen molar-refractivity contribution in [2.45, 2.75) is 20.3 Å². The lowest BCUT2D eigenvalue weighted by atomic mass is 9.72. The molecule has 0 aromatic heterocycles. The average Bonchev–Trinajstić information content (AvgIpc) is 2.47. The van der Waals surface area contributed by atoms with Crippen molar-refractivity contribution in [2.24, 2.45) is 5.41 Å². The molecule has 0 radical (unpaired) electrons. The summed E-state index contributed by atoms with van der Waals surface area (Å²) in [5.41, 5.74) is -0.102. The zero-order valence-electron chi connectivity index (χ0n) is 11.6. The third kappa shape index (κ3) is 2.39. The highest BCUT2D eigenvalue weighted by Gasteiger charge is 2.40. The summed E-state index contributed by atoms with van der Waals surface area (Å²) in [4.78, 5) is 35.8. The van der Waals surface area contributed by atoms with Gasteiger partial charge in [-0.1, -0.05) is 48.6 Å². The average molecular weight is 268 g/mol. The van der Waals surface area contributed by atoms with Gasteiger partial charge in [-0.2, -0.15) is 0 Å². The fraction of sp³-hybridized carbons (Fsp3) is 0.235. The molecule has 0 saturated carbocycles. The second kappa shape index (κ2) is 5.37. The van der Waals surface area contributed by atoms with E-state index in [1.807, 2.05) is 12.2 Å². The van der Waals surface area contributed by atoms with Crippen molar-refractivity contribution in [3.63, 3.8) is 0 Å². The van der Waals surface area contributed by atoms with Crippen LogP contribution in [0.3, 0.4) is 0 Å². The van der Waals surface area contributed by atoms with Crippen molar-refractivity contribution in [3.05, 3.63) is 59.7 Å². The topological polar surface area (TPSA) is 51.2 Å². The quantitative estimate of drug-likeness (QED) is 0.622. The van der Waals surface area contributed by atoms with Gasteiger partial charge in [0.25, 0.3) is 0 Å². The fourth-order valence-corrected chi connectivity index (χ4v) is 2.32. The van der Waals surface area contributed by atoms with Crippen LogP contribution in [0.1, 0.15) is 41.0 Å². The van der Waals surface area contributed by atoms with Gasteiger partial charge in [0.15, 0.2) is 11.6 Å². The van der Waals surface area contributed by atoms with Gasteiger partial charge in [-0.3, -0.25) is 14.4 Å². The number of Topliss-reactive ketones (excluding diaryl/α,β-unsaturated/α-hetero) is 3. The van der Waals surface area contributed by atoms with E-state index in [1.54, 1.807) is 36.4 Å². The van der Waals surface area contributed by atoms with Gasteiger partial charge in [-0.05, 0) is 20.3 Å². The Morgan fingerprint density at radius 1 is 0.950 bits per heavy atom. The lowest BCUT2D eigenvalue weighted by Crippen LogP contribution is -2.36. The van der Waals surface area contributed by atoms with Gasteiger partial charge < -0.3 is 0 Å². The SMILES string of the molecule is CC(=O)c1ccc(C(=O)C2(C(C)=O)C=CC=CC2)cc1. The molecule has 3 heteroatoms. The van der Waals surface area contributed by atoms with Crippen LogP contribution in [0.2, 0.25) is 0 Å². The number of carbonyl (C=O) groups is 3. The molecule has 0 fully saturated rings. The van der Waals surface area contributed by atoms with Crippen LogP contribution in [0.5, 0.6) is 0 Å². The zero-order chi connectivity index (χ0) is 14.8. The first kappa shape index (κ1) is 14.1. The van der Waals surface area contributed by atoms with Crippen LogP contribution in [-0.2, 0) is 4.79 Å². The van der Waals surface area contributed by atoms with Crippen LogP contribution in [0.25, 0.3) is 0 Å². The molecule has 1 aliphatic rings. The Balaban J connectivity index is 2.38. The highest BCUT2D eigenvalue weighted by atomic mass is 16.2. The molecular weight excluding hydrogens is 252 g/mol. The van der Waals surface area contributed by atoms with E-state index in [-0.39, 0.29) is 17.3 Å². The van der Waals surface area contributed by atoms with Crippen LogP contribution in [0, 0.1) is 5.41 Å². The van der Waals surface area contributed by atoms with Crippen LogP contribution in [-0.4, -0.2) is 17.3 Å². The number of rotatable bonds is 4. The standard InChI is InChI=1S/C17H16O3/c1-12(18)14-6-8-15(9-7-14)16(20)17(13(2)19)10-4-3-5-11-17/h3-10H,11H2,1-2H3. The smallest absolute Gasteiger partial charge is 0.180 e. The summed E-state index contributed by atoms with van der Waals surface area (Å²) in [6.45, 7) is 2.91. The summed E-state index contributed by atoms with van der Waals surface area (Å²) in [6.07, 6.45) is 7.42. The molecule has 0 amide bonds. The van der Waals surface area contributed by atoms with Crippen molar-refractivity contribution in [1.82, 2.24) is 0 Å². The fourth-order valence-electron chi connectivity index (χ4n) is 2.32. The van der Waals surface area contributed by atoms with Crippen molar-refractivity contribution >= 4 is 17.3 Å². The van der Waals surface area contributed by atoms with Crippen molar-refractivity contribution in [2.75, 3.05) is 0 Å². The molecule has 0 spiro atoms. The third-order valence-corrected chi connectivity index (χ3v) is 3.65. The molecule has 2 rings (SSSR count). The van der Waals surface area contributed by atoms with E-state index in [0.29, 0.717) is 17.5 Å². The molecule has 0 aliphatic heterocycles. The van der Waals surface area contributed by atoms with E-state index < -0.39 is 5.41 Å². The second-order valence-corrected chi connectivity index (χ2v) is 4.98. The van der Waals surface area contributed by atoms with Crippen molar-refractivity contribution < 1.29 is 14.4 Å². The van der Waals surface area contributed by atoms with E-state index in [2.05, 4.69) is 0 Å². The molecule has 0 heterocycles. The van der Waals surface area contributed by atoms with E-state index in [4.69, 9.17) is 0 Å². The van der Waals surface area contributed by atoms with Gasteiger partial charge in [0.2, 0.25) is 0 Å². The summed E-state index contributed by atoms with van der Waals surface area (Å²) in [5.74, 6) is -0.440.